The second-order valence-corrected chi connectivity index (χ2v) is 7.06. The van der Waals surface area contributed by atoms with Crippen LogP contribution in [0.15, 0.2) is 48.5 Å². The van der Waals surface area contributed by atoms with Crippen LogP contribution in [0, 0.1) is 12.7 Å². The first kappa shape index (κ1) is 18.4. The van der Waals surface area contributed by atoms with Gasteiger partial charge in [0.15, 0.2) is 0 Å². The normalized spacial score (nSPS) is 16.9. The Hall–Kier alpha value is -2.40. The lowest BCUT2D eigenvalue weighted by Gasteiger charge is -2.41. The molecule has 1 heterocycles. The molecule has 3 rings (SSSR count). The number of benzene rings is 2. The molecule has 1 saturated heterocycles. The molecule has 2 aromatic carbocycles. The maximum Gasteiger partial charge on any atom is 0.245 e. The van der Waals surface area contributed by atoms with Gasteiger partial charge in [0.25, 0.3) is 0 Å². The van der Waals surface area contributed by atoms with Crippen LogP contribution < -0.4 is 10.6 Å². The van der Waals surface area contributed by atoms with Crippen LogP contribution in [0.1, 0.15) is 24.0 Å². The van der Waals surface area contributed by atoms with Gasteiger partial charge in [0.05, 0.1) is 0 Å². The zero-order valence-electron chi connectivity index (χ0n) is 15.4. The van der Waals surface area contributed by atoms with Gasteiger partial charge in [-0.25, -0.2) is 4.39 Å². The second kappa shape index (κ2) is 7.87. The third kappa shape index (κ3) is 4.22. The highest BCUT2D eigenvalue weighted by atomic mass is 19.1. The van der Waals surface area contributed by atoms with Gasteiger partial charge >= 0.3 is 0 Å². The molecule has 0 aliphatic carbocycles. The van der Waals surface area contributed by atoms with Crippen molar-refractivity contribution in [2.75, 3.05) is 25.5 Å². The van der Waals surface area contributed by atoms with Gasteiger partial charge in [-0.1, -0.05) is 35.9 Å². The first-order chi connectivity index (χ1) is 12.5. The van der Waals surface area contributed by atoms with Gasteiger partial charge in [0.1, 0.15) is 11.4 Å². The second-order valence-electron chi connectivity index (χ2n) is 7.06. The predicted molar refractivity (Wildman–Crippen MR) is 103 cm³/mol. The minimum atomic E-state index is -0.703. The van der Waals surface area contributed by atoms with Crippen LogP contribution in [-0.4, -0.2) is 36.5 Å². The van der Waals surface area contributed by atoms with Crippen molar-refractivity contribution in [1.29, 1.82) is 0 Å². The average molecular weight is 355 g/mol. The molecule has 5 heteroatoms. The molecule has 1 aliphatic heterocycles. The SMILES string of the molecule is CNC(=O)C1(Nc2cccc(F)c2)CCN(Cc2cccc(C)c2)CC1. The Bertz CT molecular complexity index is 769. The van der Waals surface area contributed by atoms with Crippen molar-refractivity contribution in [3.8, 4) is 0 Å². The molecule has 1 amide bonds. The minimum Gasteiger partial charge on any atom is -0.371 e. The number of nitrogens with one attached hydrogen (secondary N) is 2. The van der Waals surface area contributed by atoms with E-state index in [2.05, 4.69) is 46.7 Å². The fourth-order valence-electron chi connectivity index (χ4n) is 3.65. The fraction of sp³-hybridized carbons (Fsp3) is 0.381. The van der Waals surface area contributed by atoms with E-state index < -0.39 is 5.54 Å². The zero-order chi connectivity index (χ0) is 18.6. The van der Waals surface area contributed by atoms with Crippen LogP contribution in [0.5, 0.6) is 0 Å². The first-order valence-electron chi connectivity index (χ1n) is 9.05. The van der Waals surface area contributed by atoms with Gasteiger partial charge in [-0.15, -0.1) is 0 Å². The number of hydrogen-bond acceptors (Lipinski definition) is 3. The van der Waals surface area contributed by atoms with Crippen molar-refractivity contribution < 1.29 is 9.18 Å². The lowest BCUT2D eigenvalue weighted by Crippen LogP contribution is -2.57. The number of anilines is 1. The third-order valence-electron chi connectivity index (χ3n) is 5.07. The Morgan fingerprint density at radius 3 is 2.54 bits per heavy atom. The number of nitrogens with zero attached hydrogens (tertiary/aromatic N) is 1. The number of likely N-dealkylation sites (N-methyl/N-ethyl adjacent to an activating group) is 1. The number of likely N-dealkylation sites (tertiary alicyclic amines) is 1. The molecular formula is C21H26FN3O. The molecule has 4 nitrogen and oxygen atoms in total. The monoisotopic (exact) mass is 355 g/mol. The number of piperidine rings is 1. The van der Waals surface area contributed by atoms with Gasteiger partial charge in [-0.3, -0.25) is 9.69 Å². The van der Waals surface area contributed by atoms with E-state index >= 15 is 0 Å². The lowest BCUT2D eigenvalue weighted by molar-refractivity contribution is -0.126. The minimum absolute atomic E-state index is 0.0445. The summed E-state index contributed by atoms with van der Waals surface area (Å²) < 4.78 is 13.5. The van der Waals surface area contributed by atoms with Gasteiger partial charge in [-0.2, -0.15) is 0 Å². The van der Waals surface area contributed by atoms with E-state index in [4.69, 9.17) is 0 Å². The summed E-state index contributed by atoms with van der Waals surface area (Å²) >= 11 is 0. The summed E-state index contributed by atoms with van der Waals surface area (Å²) in [7, 11) is 1.65. The number of carbonyl (C=O) groups excluding carboxylic acids is 1. The van der Waals surface area contributed by atoms with Crippen LogP contribution in [-0.2, 0) is 11.3 Å². The van der Waals surface area contributed by atoms with Crippen molar-refractivity contribution in [1.82, 2.24) is 10.2 Å². The summed E-state index contributed by atoms with van der Waals surface area (Å²) in [5, 5.41) is 6.07. The number of carbonyl (C=O) groups is 1. The Morgan fingerprint density at radius 1 is 1.15 bits per heavy atom. The van der Waals surface area contributed by atoms with Gasteiger partial charge < -0.3 is 10.6 Å². The van der Waals surface area contributed by atoms with Gasteiger partial charge in [0.2, 0.25) is 5.91 Å². The van der Waals surface area contributed by atoms with E-state index in [9.17, 15) is 9.18 Å². The highest BCUT2D eigenvalue weighted by Crippen LogP contribution is 2.28. The topological polar surface area (TPSA) is 44.4 Å². The summed E-state index contributed by atoms with van der Waals surface area (Å²) in [6.07, 6.45) is 1.35. The van der Waals surface area contributed by atoms with E-state index in [0.29, 0.717) is 18.5 Å². The molecule has 0 aromatic heterocycles. The van der Waals surface area contributed by atoms with E-state index in [1.807, 2.05) is 0 Å². The van der Waals surface area contributed by atoms with Crippen LogP contribution in [0.2, 0.25) is 0 Å². The summed E-state index contributed by atoms with van der Waals surface area (Å²) in [5.74, 6) is -0.351. The Kier molecular flexibility index (Phi) is 5.57. The molecule has 138 valence electrons. The van der Waals surface area contributed by atoms with E-state index in [-0.39, 0.29) is 11.7 Å². The van der Waals surface area contributed by atoms with Crippen LogP contribution in [0.25, 0.3) is 0 Å². The molecule has 0 spiro atoms. The summed E-state index contributed by atoms with van der Waals surface area (Å²) in [6, 6.07) is 14.8. The number of halogens is 1. The molecule has 1 fully saturated rings. The van der Waals surface area contributed by atoms with Gasteiger partial charge in [-0.05, 0) is 43.5 Å². The molecule has 2 N–H and O–H groups in total. The zero-order valence-corrected chi connectivity index (χ0v) is 15.4. The Labute approximate surface area is 154 Å². The van der Waals surface area contributed by atoms with Crippen LogP contribution in [0.3, 0.4) is 0 Å². The summed E-state index contributed by atoms with van der Waals surface area (Å²) in [6.45, 7) is 4.60. The van der Waals surface area contributed by atoms with Crippen molar-refractivity contribution in [2.45, 2.75) is 31.8 Å². The molecule has 0 saturated carbocycles. The number of aryl methyl sites for hydroxylation is 1. The summed E-state index contributed by atoms with van der Waals surface area (Å²) in [4.78, 5) is 15.0. The highest BCUT2D eigenvalue weighted by molar-refractivity contribution is 5.89. The molecule has 0 unspecified atom stereocenters. The third-order valence-corrected chi connectivity index (χ3v) is 5.07. The molecule has 0 radical (unpaired) electrons. The van der Waals surface area contributed by atoms with Crippen molar-refractivity contribution in [3.63, 3.8) is 0 Å². The van der Waals surface area contributed by atoms with Crippen molar-refractivity contribution >= 4 is 11.6 Å². The maximum atomic E-state index is 13.5. The Morgan fingerprint density at radius 2 is 1.88 bits per heavy atom. The molecule has 0 atom stereocenters. The molecule has 1 aliphatic rings. The Balaban J connectivity index is 1.70. The average Bonchev–Trinajstić information content (AvgIpc) is 2.63. The molecule has 2 aromatic rings. The quantitative estimate of drug-likeness (QED) is 0.865. The lowest BCUT2D eigenvalue weighted by atomic mass is 9.85. The van der Waals surface area contributed by atoms with E-state index in [1.54, 1.807) is 19.2 Å². The standard InChI is InChI=1S/C21H26FN3O/c1-16-5-3-6-17(13-16)15-25-11-9-21(10-12-25,20(26)23-2)24-19-8-4-7-18(22)14-19/h3-8,13-14,24H,9-12,15H2,1-2H3,(H,23,26). The smallest absolute Gasteiger partial charge is 0.245 e. The van der Waals surface area contributed by atoms with E-state index in [0.717, 1.165) is 19.6 Å². The van der Waals surface area contributed by atoms with Crippen LogP contribution >= 0.6 is 0 Å². The van der Waals surface area contributed by atoms with Gasteiger partial charge in [0, 0.05) is 32.4 Å². The van der Waals surface area contributed by atoms with Crippen molar-refractivity contribution in [3.05, 3.63) is 65.5 Å². The summed E-state index contributed by atoms with van der Waals surface area (Å²) in [5.41, 5.74) is 2.48. The van der Waals surface area contributed by atoms with E-state index in [1.165, 1.54) is 23.3 Å². The largest absolute Gasteiger partial charge is 0.371 e. The molecule has 0 bridgehead atoms. The number of amides is 1. The molecular weight excluding hydrogens is 329 g/mol. The molecule has 26 heavy (non-hydrogen) atoms. The highest BCUT2D eigenvalue weighted by Gasteiger charge is 2.40. The predicted octanol–water partition coefficient (Wildman–Crippen LogP) is 3.33. The number of hydrogen-bond donors (Lipinski definition) is 2. The fourth-order valence-corrected chi connectivity index (χ4v) is 3.65. The number of rotatable bonds is 5. The maximum absolute atomic E-state index is 13.5. The first-order valence-corrected chi connectivity index (χ1v) is 9.05. The van der Waals surface area contributed by atoms with Crippen molar-refractivity contribution in [2.24, 2.45) is 0 Å². The van der Waals surface area contributed by atoms with Crippen LogP contribution in [0.4, 0.5) is 10.1 Å².